The van der Waals surface area contributed by atoms with Crippen LogP contribution in [0.1, 0.15) is 71.6 Å². The average Bonchev–Trinajstić information content (AvgIpc) is 2.60. The van der Waals surface area contributed by atoms with Crippen molar-refractivity contribution in [3.8, 4) is 11.6 Å². The number of pyridine rings is 2. The van der Waals surface area contributed by atoms with E-state index in [9.17, 15) is 5.11 Å². The number of rotatable bonds is 7. The van der Waals surface area contributed by atoms with E-state index in [-0.39, 0.29) is 10.8 Å². The molecule has 0 saturated carbocycles. The van der Waals surface area contributed by atoms with E-state index in [4.69, 9.17) is 9.47 Å². The van der Waals surface area contributed by atoms with Crippen LogP contribution in [0.3, 0.4) is 0 Å². The van der Waals surface area contributed by atoms with Crippen molar-refractivity contribution in [2.45, 2.75) is 71.3 Å². The van der Waals surface area contributed by atoms with E-state index in [2.05, 4.69) is 44.6 Å². The van der Waals surface area contributed by atoms with Gasteiger partial charge in [-0.25, -0.2) is 4.98 Å². The van der Waals surface area contributed by atoms with Crippen molar-refractivity contribution in [1.82, 2.24) is 9.97 Å². The number of aromatic nitrogens is 2. The molecule has 0 bridgehead atoms. The number of methoxy groups -OCH3 is 1. The van der Waals surface area contributed by atoms with Crippen LogP contribution in [-0.4, -0.2) is 28.8 Å². The standard InChI is InChI=1S/C23H34N2O3/c1-21(2,3)16-12-19(20(27-8)25-15-16)28-10-9-22(4,5)17-11-18(14-24-13-17)23(6,7)26/h11-15,26H,9-10H2,1-8H3. The summed E-state index contributed by atoms with van der Waals surface area (Å²) < 4.78 is 11.4. The topological polar surface area (TPSA) is 64.5 Å². The third-order valence-electron chi connectivity index (χ3n) is 5.09. The Kier molecular flexibility index (Phi) is 6.39. The summed E-state index contributed by atoms with van der Waals surface area (Å²) in [5.41, 5.74) is 1.90. The summed E-state index contributed by atoms with van der Waals surface area (Å²) in [4.78, 5) is 8.71. The van der Waals surface area contributed by atoms with Gasteiger partial charge in [0.15, 0.2) is 5.75 Å². The van der Waals surface area contributed by atoms with Gasteiger partial charge in [0.2, 0.25) is 0 Å². The van der Waals surface area contributed by atoms with Gasteiger partial charge in [-0.2, -0.15) is 0 Å². The van der Waals surface area contributed by atoms with Gasteiger partial charge < -0.3 is 14.6 Å². The molecule has 0 aliphatic heterocycles. The second-order valence-corrected chi connectivity index (χ2v) is 9.49. The molecule has 0 fully saturated rings. The molecule has 0 aliphatic rings. The van der Waals surface area contributed by atoms with Crippen LogP contribution in [-0.2, 0) is 16.4 Å². The Bertz CT molecular complexity index is 802. The zero-order valence-corrected chi connectivity index (χ0v) is 18.5. The predicted molar refractivity (Wildman–Crippen MR) is 112 cm³/mol. The van der Waals surface area contributed by atoms with E-state index in [1.807, 2.05) is 24.5 Å². The summed E-state index contributed by atoms with van der Waals surface area (Å²) in [5.74, 6) is 1.16. The van der Waals surface area contributed by atoms with Gasteiger partial charge in [0.1, 0.15) is 0 Å². The minimum Gasteiger partial charge on any atom is -0.488 e. The third kappa shape index (κ3) is 5.44. The molecule has 0 saturated heterocycles. The van der Waals surface area contributed by atoms with Crippen LogP contribution in [0.25, 0.3) is 0 Å². The minimum absolute atomic E-state index is 0.0140. The van der Waals surface area contributed by atoms with Crippen LogP contribution >= 0.6 is 0 Å². The van der Waals surface area contributed by atoms with Gasteiger partial charge in [-0.15, -0.1) is 0 Å². The van der Waals surface area contributed by atoms with Crippen LogP contribution in [0, 0.1) is 0 Å². The molecular weight excluding hydrogens is 352 g/mol. The normalized spacial score (nSPS) is 12.8. The van der Waals surface area contributed by atoms with Crippen molar-refractivity contribution in [2.24, 2.45) is 0 Å². The second-order valence-electron chi connectivity index (χ2n) is 9.49. The Hall–Kier alpha value is -2.14. The van der Waals surface area contributed by atoms with Crippen molar-refractivity contribution in [1.29, 1.82) is 0 Å². The summed E-state index contributed by atoms with van der Waals surface area (Å²) in [6.07, 6.45) is 6.19. The summed E-state index contributed by atoms with van der Waals surface area (Å²) in [7, 11) is 1.60. The summed E-state index contributed by atoms with van der Waals surface area (Å²) >= 11 is 0. The van der Waals surface area contributed by atoms with Gasteiger partial charge in [-0.05, 0) is 54.4 Å². The molecule has 2 heterocycles. The Morgan fingerprint density at radius 1 is 0.893 bits per heavy atom. The highest BCUT2D eigenvalue weighted by atomic mass is 16.5. The van der Waals surface area contributed by atoms with E-state index in [0.29, 0.717) is 18.2 Å². The lowest BCUT2D eigenvalue weighted by Gasteiger charge is -2.27. The highest BCUT2D eigenvalue weighted by Crippen LogP contribution is 2.33. The molecule has 154 valence electrons. The number of hydrogen-bond acceptors (Lipinski definition) is 5. The molecule has 2 aromatic rings. The van der Waals surface area contributed by atoms with Crippen LogP contribution in [0.15, 0.2) is 30.7 Å². The Morgan fingerprint density at radius 2 is 1.54 bits per heavy atom. The quantitative estimate of drug-likeness (QED) is 0.743. The summed E-state index contributed by atoms with van der Waals surface area (Å²) in [6.45, 7) is 14.8. The van der Waals surface area contributed by atoms with Crippen LogP contribution in [0.2, 0.25) is 0 Å². The minimum atomic E-state index is -0.915. The Morgan fingerprint density at radius 3 is 2.11 bits per heavy atom. The highest BCUT2D eigenvalue weighted by Gasteiger charge is 2.25. The largest absolute Gasteiger partial charge is 0.488 e. The first-order valence-corrected chi connectivity index (χ1v) is 9.70. The molecule has 0 unspecified atom stereocenters. The van der Waals surface area contributed by atoms with Gasteiger partial charge in [-0.3, -0.25) is 4.98 Å². The molecule has 2 aromatic heterocycles. The van der Waals surface area contributed by atoms with Crippen molar-refractivity contribution in [3.63, 3.8) is 0 Å². The molecular formula is C23H34N2O3. The predicted octanol–water partition coefficient (Wildman–Crippen LogP) is 4.76. The van der Waals surface area contributed by atoms with E-state index >= 15 is 0 Å². The lowest BCUT2D eigenvalue weighted by molar-refractivity contribution is 0.0780. The second kappa shape index (κ2) is 8.08. The third-order valence-corrected chi connectivity index (χ3v) is 5.09. The Balaban J connectivity index is 2.14. The zero-order valence-electron chi connectivity index (χ0n) is 18.5. The van der Waals surface area contributed by atoms with Crippen LogP contribution in [0.5, 0.6) is 11.6 Å². The molecule has 2 rings (SSSR count). The first-order chi connectivity index (χ1) is 12.8. The lowest BCUT2D eigenvalue weighted by Crippen LogP contribution is -2.23. The van der Waals surface area contributed by atoms with Gasteiger partial charge in [0.05, 0.1) is 19.3 Å². The Labute approximate surface area is 169 Å². The number of ether oxygens (including phenoxy) is 2. The molecule has 0 aliphatic carbocycles. The average molecular weight is 387 g/mol. The monoisotopic (exact) mass is 386 g/mol. The van der Waals surface area contributed by atoms with E-state index in [0.717, 1.165) is 23.1 Å². The van der Waals surface area contributed by atoms with Crippen molar-refractivity contribution in [2.75, 3.05) is 13.7 Å². The lowest BCUT2D eigenvalue weighted by atomic mass is 9.81. The maximum Gasteiger partial charge on any atom is 0.256 e. The molecule has 0 radical (unpaired) electrons. The molecule has 28 heavy (non-hydrogen) atoms. The molecule has 0 atom stereocenters. The van der Waals surface area contributed by atoms with Crippen molar-refractivity contribution in [3.05, 3.63) is 47.4 Å². The SMILES string of the molecule is COc1ncc(C(C)(C)C)cc1OCCC(C)(C)c1cncc(C(C)(C)O)c1. The first kappa shape index (κ1) is 22.2. The van der Waals surface area contributed by atoms with Crippen LogP contribution < -0.4 is 9.47 Å². The molecule has 1 N–H and O–H groups in total. The van der Waals surface area contributed by atoms with Crippen molar-refractivity contribution >= 4 is 0 Å². The molecule has 0 aromatic carbocycles. The fourth-order valence-electron chi connectivity index (χ4n) is 2.80. The molecule has 5 nitrogen and oxygen atoms in total. The number of hydrogen-bond donors (Lipinski definition) is 1. The zero-order chi connectivity index (χ0) is 21.2. The fraction of sp³-hybridized carbons (Fsp3) is 0.565. The summed E-state index contributed by atoms with van der Waals surface area (Å²) in [5, 5.41) is 10.3. The van der Waals surface area contributed by atoms with Crippen molar-refractivity contribution < 1.29 is 14.6 Å². The first-order valence-electron chi connectivity index (χ1n) is 9.70. The van der Waals surface area contributed by atoms with Gasteiger partial charge in [-0.1, -0.05) is 34.6 Å². The summed E-state index contributed by atoms with van der Waals surface area (Å²) in [6, 6.07) is 4.03. The molecule has 0 amide bonds. The fourth-order valence-corrected chi connectivity index (χ4v) is 2.80. The number of nitrogens with zero attached hydrogens (tertiary/aromatic N) is 2. The highest BCUT2D eigenvalue weighted by molar-refractivity contribution is 5.38. The maximum atomic E-state index is 10.3. The number of aliphatic hydroxyl groups is 1. The van der Waals surface area contributed by atoms with E-state index in [1.165, 1.54) is 0 Å². The maximum absolute atomic E-state index is 10.3. The van der Waals surface area contributed by atoms with Gasteiger partial charge in [0, 0.05) is 24.2 Å². The molecule has 5 heteroatoms. The smallest absolute Gasteiger partial charge is 0.256 e. The van der Waals surface area contributed by atoms with Gasteiger partial charge in [0.25, 0.3) is 5.88 Å². The van der Waals surface area contributed by atoms with Crippen LogP contribution in [0.4, 0.5) is 0 Å². The van der Waals surface area contributed by atoms with E-state index < -0.39 is 5.60 Å². The molecule has 0 spiro atoms. The van der Waals surface area contributed by atoms with E-state index in [1.54, 1.807) is 27.2 Å². The van der Waals surface area contributed by atoms with Gasteiger partial charge >= 0.3 is 0 Å².